The molecule has 0 amide bonds. The van der Waals surface area contributed by atoms with Gasteiger partial charge >= 0.3 is 5.69 Å². The van der Waals surface area contributed by atoms with Gasteiger partial charge in [-0.3, -0.25) is 4.57 Å². The summed E-state index contributed by atoms with van der Waals surface area (Å²) >= 11 is 0. The molecule has 84 valence electrons. The Morgan fingerprint density at radius 3 is 2.75 bits per heavy atom. The van der Waals surface area contributed by atoms with Gasteiger partial charge in [0.2, 0.25) is 0 Å². The molecule has 1 heterocycles. The maximum absolute atomic E-state index is 11.7. The lowest BCUT2D eigenvalue weighted by Crippen LogP contribution is -2.24. The highest BCUT2D eigenvalue weighted by atomic mass is 16.1. The molecule has 3 nitrogen and oxygen atoms in total. The van der Waals surface area contributed by atoms with Crippen LogP contribution in [0.5, 0.6) is 0 Å². The third-order valence-electron chi connectivity index (χ3n) is 2.80. The summed E-state index contributed by atoms with van der Waals surface area (Å²) in [4.78, 5) is 15.6. The van der Waals surface area contributed by atoms with Crippen LogP contribution in [0, 0.1) is 0 Å². The number of hydrogen-bond donors (Lipinski definition) is 0. The van der Waals surface area contributed by atoms with Gasteiger partial charge in [-0.05, 0) is 31.9 Å². The highest BCUT2D eigenvalue weighted by Crippen LogP contribution is 2.16. The van der Waals surface area contributed by atoms with Crippen molar-refractivity contribution in [2.45, 2.75) is 33.2 Å². The van der Waals surface area contributed by atoms with Crippen LogP contribution in [-0.2, 0) is 6.42 Å². The monoisotopic (exact) mass is 216 g/mol. The van der Waals surface area contributed by atoms with Crippen molar-refractivity contribution >= 4 is 10.9 Å². The fraction of sp³-hybridized carbons (Fsp3) is 0.385. The molecule has 0 spiro atoms. The molecule has 3 heteroatoms. The van der Waals surface area contributed by atoms with E-state index < -0.39 is 0 Å². The normalized spacial score (nSPS) is 11.2. The molecule has 1 aromatic heterocycles. The van der Waals surface area contributed by atoms with E-state index in [1.165, 1.54) is 5.56 Å². The molecular weight excluding hydrogens is 200 g/mol. The van der Waals surface area contributed by atoms with Crippen molar-refractivity contribution in [3.63, 3.8) is 0 Å². The summed E-state index contributed by atoms with van der Waals surface area (Å²) in [5, 5.41) is 1.02. The molecule has 1 aromatic carbocycles. The molecule has 0 atom stereocenters. The second kappa shape index (κ2) is 4.08. The van der Waals surface area contributed by atoms with Gasteiger partial charge in [-0.25, -0.2) is 9.78 Å². The van der Waals surface area contributed by atoms with E-state index in [0.29, 0.717) is 0 Å². The summed E-state index contributed by atoms with van der Waals surface area (Å²) in [5.41, 5.74) is 2.05. The standard InChI is InChI=1S/C13H16N2O/c1-4-10-5-6-11-8-14-13(16)15(9(2)3)12(11)7-10/h5-9H,4H2,1-3H3. The first-order valence-corrected chi connectivity index (χ1v) is 5.63. The Bertz CT molecular complexity index is 570. The fourth-order valence-electron chi connectivity index (χ4n) is 1.92. The molecule has 0 saturated carbocycles. The average Bonchev–Trinajstić information content (AvgIpc) is 2.27. The highest BCUT2D eigenvalue weighted by molar-refractivity contribution is 5.78. The van der Waals surface area contributed by atoms with Crippen LogP contribution in [0.1, 0.15) is 32.4 Å². The Balaban J connectivity index is 2.83. The Kier molecular flexibility index (Phi) is 2.77. The predicted octanol–water partition coefficient (Wildman–Crippen LogP) is 2.54. The van der Waals surface area contributed by atoms with Crippen LogP contribution < -0.4 is 5.69 Å². The highest BCUT2D eigenvalue weighted by Gasteiger charge is 2.07. The maximum Gasteiger partial charge on any atom is 0.348 e. The van der Waals surface area contributed by atoms with Crippen molar-refractivity contribution in [2.24, 2.45) is 0 Å². The van der Waals surface area contributed by atoms with Gasteiger partial charge in [0.15, 0.2) is 0 Å². The largest absolute Gasteiger partial charge is 0.348 e. The Hall–Kier alpha value is -1.64. The van der Waals surface area contributed by atoms with E-state index in [0.717, 1.165) is 17.3 Å². The predicted molar refractivity (Wildman–Crippen MR) is 65.8 cm³/mol. The third-order valence-corrected chi connectivity index (χ3v) is 2.80. The number of rotatable bonds is 2. The Labute approximate surface area is 94.7 Å². The molecule has 0 saturated heterocycles. The van der Waals surface area contributed by atoms with E-state index in [9.17, 15) is 4.79 Å². The molecule has 0 fully saturated rings. The zero-order valence-corrected chi connectivity index (χ0v) is 9.90. The van der Waals surface area contributed by atoms with Crippen molar-refractivity contribution in [3.05, 3.63) is 40.4 Å². The zero-order chi connectivity index (χ0) is 11.7. The van der Waals surface area contributed by atoms with E-state index in [1.807, 2.05) is 19.9 Å². The fourth-order valence-corrected chi connectivity index (χ4v) is 1.92. The van der Waals surface area contributed by atoms with Crippen LogP contribution in [-0.4, -0.2) is 9.55 Å². The minimum atomic E-state index is -0.171. The van der Waals surface area contributed by atoms with Gasteiger partial charge in [0.05, 0.1) is 5.52 Å². The van der Waals surface area contributed by atoms with Gasteiger partial charge in [0.25, 0.3) is 0 Å². The van der Waals surface area contributed by atoms with Gasteiger partial charge < -0.3 is 0 Å². The van der Waals surface area contributed by atoms with Gasteiger partial charge in [0, 0.05) is 17.6 Å². The molecule has 2 rings (SSSR count). The van der Waals surface area contributed by atoms with Crippen LogP contribution in [0.4, 0.5) is 0 Å². The lowest BCUT2D eigenvalue weighted by molar-refractivity contribution is 0.586. The molecule has 0 aliphatic heterocycles. The topological polar surface area (TPSA) is 34.9 Å². The number of aromatic nitrogens is 2. The van der Waals surface area contributed by atoms with Crippen molar-refractivity contribution in [3.8, 4) is 0 Å². The van der Waals surface area contributed by atoms with E-state index in [-0.39, 0.29) is 11.7 Å². The van der Waals surface area contributed by atoms with Crippen molar-refractivity contribution in [2.75, 3.05) is 0 Å². The van der Waals surface area contributed by atoms with Gasteiger partial charge in [-0.15, -0.1) is 0 Å². The van der Waals surface area contributed by atoms with Crippen LogP contribution in [0.15, 0.2) is 29.2 Å². The lowest BCUT2D eigenvalue weighted by atomic mass is 10.1. The van der Waals surface area contributed by atoms with Gasteiger partial charge in [0.1, 0.15) is 0 Å². The molecule has 0 bridgehead atoms. The Morgan fingerprint density at radius 2 is 2.12 bits per heavy atom. The van der Waals surface area contributed by atoms with Gasteiger partial charge in [-0.1, -0.05) is 19.1 Å². The summed E-state index contributed by atoms with van der Waals surface area (Å²) in [6.07, 6.45) is 2.63. The molecule has 16 heavy (non-hydrogen) atoms. The van der Waals surface area contributed by atoms with Crippen LogP contribution >= 0.6 is 0 Å². The maximum atomic E-state index is 11.7. The minimum absolute atomic E-state index is 0.135. The summed E-state index contributed by atoms with van der Waals surface area (Å²) in [6.45, 7) is 6.11. The summed E-state index contributed by atoms with van der Waals surface area (Å²) in [5.74, 6) is 0. The molecule has 0 aliphatic rings. The summed E-state index contributed by atoms with van der Waals surface area (Å²) in [6, 6.07) is 6.33. The van der Waals surface area contributed by atoms with E-state index >= 15 is 0 Å². The lowest BCUT2D eigenvalue weighted by Gasteiger charge is -2.13. The third kappa shape index (κ3) is 1.73. The second-order valence-electron chi connectivity index (χ2n) is 4.25. The zero-order valence-electron chi connectivity index (χ0n) is 9.90. The minimum Gasteiger partial charge on any atom is -0.289 e. The summed E-state index contributed by atoms with van der Waals surface area (Å²) < 4.78 is 1.74. The van der Waals surface area contributed by atoms with E-state index in [1.54, 1.807) is 10.8 Å². The number of nitrogens with zero attached hydrogens (tertiary/aromatic N) is 2. The summed E-state index contributed by atoms with van der Waals surface area (Å²) in [7, 11) is 0. The number of hydrogen-bond acceptors (Lipinski definition) is 2. The van der Waals surface area contributed by atoms with Crippen molar-refractivity contribution in [1.82, 2.24) is 9.55 Å². The smallest absolute Gasteiger partial charge is 0.289 e. The SMILES string of the molecule is CCc1ccc2cnc(=O)n(C(C)C)c2c1. The Morgan fingerprint density at radius 1 is 1.38 bits per heavy atom. The van der Waals surface area contributed by atoms with Crippen molar-refractivity contribution < 1.29 is 0 Å². The molecule has 0 N–H and O–H groups in total. The number of benzene rings is 1. The first-order chi connectivity index (χ1) is 7.63. The molecule has 0 unspecified atom stereocenters. The number of fused-ring (bicyclic) bond motifs is 1. The number of aryl methyl sites for hydroxylation is 1. The van der Waals surface area contributed by atoms with Crippen molar-refractivity contribution in [1.29, 1.82) is 0 Å². The first kappa shape index (κ1) is 10.9. The van der Waals surface area contributed by atoms with Crippen LogP contribution in [0.25, 0.3) is 10.9 Å². The van der Waals surface area contributed by atoms with Gasteiger partial charge in [-0.2, -0.15) is 0 Å². The quantitative estimate of drug-likeness (QED) is 0.773. The molecule has 2 aromatic rings. The molecule has 0 radical (unpaired) electrons. The van der Waals surface area contributed by atoms with E-state index in [2.05, 4.69) is 24.0 Å². The molecular formula is C13H16N2O. The second-order valence-corrected chi connectivity index (χ2v) is 4.25. The average molecular weight is 216 g/mol. The van der Waals surface area contributed by atoms with Crippen LogP contribution in [0.3, 0.4) is 0 Å². The van der Waals surface area contributed by atoms with Crippen LogP contribution in [0.2, 0.25) is 0 Å². The first-order valence-electron chi connectivity index (χ1n) is 5.63. The molecule has 0 aliphatic carbocycles. The van der Waals surface area contributed by atoms with E-state index in [4.69, 9.17) is 0 Å².